The number of allylic oxidation sites excluding steroid dienone is 4. The van der Waals surface area contributed by atoms with E-state index in [0.717, 1.165) is 11.1 Å². The molecule has 1 aliphatic rings. The van der Waals surface area contributed by atoms with Gasteiger partial charge in [0, 0.05) is 5.33 Å². The molecule has 0 radical (unpaired) electrons. The summed E-state index contributed by atoms with van der Waals surface area (Å²) >= 11 is 3.38. The third-order valence-corrected chi connectivity index (χ3v) is 4.09. The van der Waals surface area contributed by atoms with Crippen molar-refractivity contribution in [1.82, 2.24) is 0 Å². The molecule has 0 saturated carbocycles. The van der Waals surface area contributed by atoms with E-state index in [2.05, 4.69) is 28.1 Å². The zero-order valence-corrected chi connectivity index (χ0v) is 11.3. The van der Waals surface area contributed by atoms with Crippen molar-refractivity contribution in [1.29, 1.82) is 10.5 Å². The molecule has 18 heavy (non-hydrogen) atoms. The average Bonchev–Trinajstić information content (AvgIpc) is 2.47. The van der Waals surface area contributed by atoms with Crippen molar-refractivity contribution in [2.45, 2.75) is 6.42 Å². The molecule has 88 valence electrons. The number of halogens is 1. The first-order chi connectivity index (χ1) is 8.74. The van der Waals surface area contributed by atoms with Gasteiger partial charge in [-0.2, -0.15) is 10.5 Å². The van der Waals surface area contributed by atoms with Gasteiger partial charge in [-0.3, -0.25) is 0 Å². The topological polar surface area (TPSA) is 47.6 Å². The second kappa shape index (κ2) is 5.21. The quantitative estimate of drug-likeness (QED) is 0.780. The minimum Gasteiger partial charge on any atom is -0.197 e. The summed E-state index contributed by atoms with van der Waals surface area (Å²) < 4.78 is 0. The van der Waals surface area contributed by atoms with Gasteiger partial charge in [-0.05, 0) is 23.6 Å². The van der Waals surface area contributed by atoms with Gasteiger partial charge in [0.1, 0.15) is 0 Å². The van der Waals surface area contributed by atoms with Crippen LogP contribution in [0.3, 0.4) is 0 Å². The summed E-state index contributed by atoms with van der Waals surface area (Å²) in [7, 11) is 0. The lowest BCUT2D eigenvalue weighted by Crippen LogP contribution is -2.18. The van der Waals surface area contributed by atoms with Gasteiger partial charge in [0.05, 0.1) is 23.1 Å². The fourth-order valence-electron chi connectivity index (χ4n) is 1.92. The van der Waals surface area contributed by atoms with Gasteiger partial charge in [-0.1, -0.05) is 52.4 Å². The third kappa shape index (κ3) is 2.23. The van der Waals surface area contributed by atoms with Crippen molar-refractivity contribution < 1.29 is 0 Å². The molecule has 1 aromatic carbocycles. The summed E-state index contributed by atoms with van der Waals surface area (Å²) in [6, 6.07) is 12.0. The standard InChI is InChI=1S/C15H11BrN2/c16-10-15(11-18)7-5-12(6-8-15)14-4-2-1-3-13(14)9-17/h1-7H,8,10H2. The van der Waals surface area contributed by atoms with Crippen molar-refractivity contribution in [3.8, 4) is 12.1 Å². The Morgan fingerprint density at radius 1 is 1.28 bits per heavy atom. The van der Waals surface area contributed by atoms with Gasteiger partial charge in [0.25, 0.3) is 0 Å². The first-order valence-corrected chi connectivity index (χ1v) is 6.73. The van der Waals surface area contributed by atoms with Crippen LogP contribution in [0.4, 0.5) is 0 Å². The smallest absolute Gasteiger partial charge is 0.0998 e. The molecule has 0 saturated heterocycles. The van der Waals surface area contributed by atoms with Crippen molar-refractivity contribution in [3.63, 3.8) is 0 Å². The molecule has 0 fully saturated rings. The monoisotopic (exact) mass is 298 g/mol. The predicted octanol–water partition coefficient (Wildman–Crippen LogP) is 3.81. The first kappa shape index (κ1) is 12.6. The molecule has 3 heteroatoms. The van der Waals surface area contributed by atoms with E-state index in [4.69, 9.17) is 5.26 Å². The maximum Gasteiger partial charge on any atom is 0.0998 e. The minimum absolute atomic E-state index is 0.453. The zero-order valence-electron chi connectivity index (χ0n) is 9.73. The van der Waals surface area contributed by atoms with Gasteiger partial charge < -0.3 is 0 Å². The molecule has 2 rings (SSSR count). The summed E-state index contributed by atoms with van der Waals surface area (Å²) in [4.78, 5) is 0. The Kier molecular flexibility index (Phi) is 3.65. The van der Waals surface area contributed by atoms with Gasteiger partial charge in [-0.15, -0.1) is 0 Å². The lowest BCUT2D eigenvalue weighted by molar-refractivity contribution is 0.591. The number of hydrogen-bond donors (Lipinski definition) is 0. The lowest BCUT2D eigenvalue weighted by Gasteiger charge is -2.22. The van der Waals surface area contributed by atoms with Crippen LogP contribution in [-0.4, -0.2) is 5.33 Å². The third-order valence-electron chi connectivity index (χ3n) is 3.09. The Labute approximate surface area is 115 Å². The highest BCUT2D eigenvalue weighted by molar-refractivity contribution is 9.09. The van der Waals surface area contributed by atoms with Crippen LogP contribution in [0.15, 0.2) is 42.5 Å². The van der Waals surface area contributed by atoms with Crippen LogP contribution in [0.2, 0.25) is 0 Å². The van der Waals surface area contributed by atoms with Crippen molar-refractivity contribution in [2.75, 3.05) is 5.33 Å². The molecule has 0 aromatic heterocycles. The summed E-state index contributed by atoms with van der Waals surface area (Å²) in [6.07, 6.45) is 6.55. The molecular weight excluding hydrogens is 288 g/mol. The highest BCUT2D eigenvalue weighted by Crippen LogP contribution is 2.34. The molecule has 1 unspecified atom stereocenters. The molecule has 0 N–H and O–H groups in total. The second-order valence-corrected chi connectivity index (χ2v) is 4.82. The molecule has 0 bridgehead atoms. The largest absolute Gasteiger partial charge is 0.197 e. The van der Waals surface area contributed by atoms with Crippen LogP contribution >= 0.6 is 15.9 Å². The van der Waals surface area contributed by atoms with E-state index >= 15 is 0 Å². The lowest BCUT2D eigenvalue weighted by atomic mass is 9.81. The Balaban J connectivity index is 2.35. The number of nitrogens with zero attached hydrogens (tertiary/aromatic N) is 2. The van der Waals surface area contributed by atoms with Gasteiger partial charge in [-0.25, -0.2) is 0 Å². The van der Waals surface area contributed by atoms with Gasteiger partial charge >= 0.3 is 0 Å². The number of alkyl halides is 1. The van der Waals surface area contributed by atoms with Crippen LogP contribution in [-0.2, 0) is 0 Å². The highest BCUT2D eigenvalue weighted by atomic mass is 79.9. The van der Waals surface area contributed by atoms with E-state index in [1.165, 1.54) is 0 Å². The van der Waals surface area contributed by atoms with Crippen LogP contribution in [0.1, 0.15) is 17.5 Å². The van der Waals surface area contributed by atoms with Crippen LogP contribution < -0.4 is 0 Å². The summed E-state index contributed by atoms with van der Waals surface area (Å²) in [5, 5.41) is 18.9. The molecule has 0 spiro atoms. The van der Waals surface area contributed by atoms with E-state index in [1.807, 2.05) is 36.4 Å². The average molecular weight is 299 g/mol. The van der Waals surface area contributed by atoms with Crippen molar-refractivity contribution >= 4 is 21.5 Å². The molecule has 2 nitrogen and oxygen atoms in total. The van der Waals surface area contributed by atoms with Crippen LogP contribution in [0, 0.1) is 28.1 Å². The highest BCUT2D eigenvalue weighted by Gasteiger charge is 2.27. The Hall–Kier alpha value is -1.84. The van der Waals surface area contributed by atoms with Crippen LogP contribution in [0.25, 0.3) is 5.57 Å². The summed E-state index contributed by atoms with van der Waals surface area (Å²) in [6.45, 7) is 0. The minimum atomic E-state index is -0.453. The number of hydrogen-bond acceptors (Lipinski definition) is 2. The van der Waals surface area contributed by atoms with Crippen molar-refractivity contribution in [2.24, 2.45) is 5.41 Å². The van der Waals surface area contributed by atoms with Crippen LogP contribution in [0.5, 0.6) is 0 Å². The van der Waals surface area contributed by atoms with E-state index in [0.29, 0.717) is 17.3 Å². The molecule has 1 aromatic rings. The van der Waals surface area contributed by atoms with E-state index in [1.54, 1.807) is 6.07 Å². The first-order valence-electron chi connectivity index (χ1n) is 5.61. The van der Waals surface area contributed by atoms with E-state index in [-0.39, 0.29) is 0 Å². The fourth-order valence-corrected chi connectivity index (χ4v) is 2.46. The number of nitriles is 2. The Morgan fingerprint density at radius 3 is 2.61 bits per heavy atom. The van der Waals surface area contributed by atoms with Crippen molar-refractivity contribution in [3.05, 3.63) is 53.6 Å². The molecule has 0 aliphatic heterocycles. The molecule has 0 amide bonds. The Morgan fingerprint density at radius 2 is 2.06 bits per heavy atom. The van der Waals surface area contributed by atoms with Gasteiger partial charge in [0.2, 0.25) is 0 Å². The zero-order chi connectivity index (χ0) is 13.0. The number of benzene rings is 1. The molecule has 1 atom stereocenters. The summed E-state index contributed by atoms with van der Waals surface area (Å²) in [5.41, 5.74) is 2.15. The molecular formula is C15H11BrN2. The summed E-state index contributed by atoms with van der Waals surface area (Å²) in [5.74, 6) is 0. The molecule has 0 heterocycles. The maximum absolute atomic E-state index is 9.19. The maximum atomic E-state index is 9.19. The van der Waals surface area contributed by atoms with E-state index < -0.39 is 5.41 Å². The van der Waals surface area contributed by atoms with E-state index in [9.17, 15) is 5.26 Å². The number of rotatable bonds is 2. The SMILES string of the molecule is N#Cc1ccccc1C1=CCC(C#N)(CBr)C=C1. The Bertz CT molecular complexity index is 602. The van der Waals surface area contributed by atoms with Gasteiger partial charge in [0.15, 0.2) is 0 Å². The second-order valence-electron chi connectivity index (χ2n) is 4.26. The predicted molar refractivity (Wildman–Crippen MR) is 74.7 cm³/mol. The molecule has 1 aliphatic carbocycles. The normalized spacial score (nSPS) is 21.8. The fraction of sp³-hybridized carbons (Fsp3) is 0.200.